The summed E-state index contributed by atoms with van der Waals surface area (Å²) in [5.74, 6) is 0.379. The first kappa shape index (κ1) is 19.0. The maximum absolute atomic E-state index is 11.3. The minimum atomic E-state index is -0.657. The van der Waals surface area contributed by atoms with Crippen LogP contribution in [0, 0.1) is 5.92 Å². The number of nitrogens with two attached hydrogens (primary N) is 1. The van der Waals surface area contributed by atoms with Crippen molar-refractivity contribution in [1.82, 2.24) is 4.90 Å². The Morgan fingerprint density at radius 1 is 1.38 bits per heavy atom. The number of carbonyl (C=O) groups excluding carboxylic acids is 1. The molecule has 0 radical (unpaired) electrons. The summed E-state index contributed by atoms with van der Waals surface area (Å²) < 4.78 is 5.56. The number of carbonyl (C=O) groups is 1. The molecule has 6 heteroatoms. The lowest BCUT2D eigenvalue weighted by molar-refractivity contribution is -0.128. The van der Waals surface area contributed by atoms with Gasteiger partial charge in [0.05, 0.1) is 12.2 Å². The van der Waals surface area contributed by atoms with Gasteiger partial charge in [-0.25, -0.2) is 0 Å². The number of benzene rings is 1. The monoisotopic (exact) mass is 362 g/mol. The number of hydrogen-bond acceptors (Lipinski definition) is 5. The van der Waals surface area contributed by atoms with Gasteiger partial charge in [0, 0.05) is 31.5 Å². The van der Waals surface area contributed by atoms with E-state index in [1.165, 1.54) is 0 Å². The molecule has 1 heterocycles. The molecule has 1 aromatic carbocycles. The Bertz CT molecular complexity index is 651. The molecule has 144 valence electrons. The van der Waals surface area contributed by atoms with E-state index < -0.39 is 5.60 Å². The van der Waals surface area contributed by atoms with Crippen LogP contribution >= 0.6 is 0 Å². The van der Waals surface area contributed by atoms with E-state index in [-0.39, 0.29) is 23.6 Å². The highest BCUT2D eigenvalue weighted by molar-refractivity contribution is 5.73. The number of phenolic OH excluding ortho intramolecular Hbond substituents is 1. The molecule has 3 rings (SSSR count). The molecule has 0 spiro atoms. The van der Waals surface area contributed by atoms with E-state index in [4.69, 9.17) is 10.5 Å². The highest BCUT2D eigenvalue weighted by Gasteiger charge is 2.48. The van der Waals surface area contributed by atoms with Crippen molar-refractivity contribution in [3.63, 3.8) is 0 Å². The lowest BCUT2D eigenvalue weighted by Crippen LogP contribution is -2.55. The third-order valence-electron chi connectivity index (χ3n) is 5.94. The Morgan fingerprint density at radius 3 is 2.92 bits per heavy atom. The summed E-state index contributed by atoms with van der Waals surface area (Å²) in [5, 5.41) is 21.3. The van der Waals surface area contributed by atoms with Crippen molar-refractivity contribution in [2.45, 2.75) is 57.1 Å². The normalized spacial score (nSPS) is 29.2. The molecule has 1 aliphatic heterocycles. The summed E-state index contributed by atoms with van der Waals surface area (Å²) in [6.45, 7) is 3.67. The van der Waals surface area contributed by atoms with Gasteiger partial charge < -0.3 is 20.7 Å². The van der Waals surface area contributed by atoms with Gasteiger partial charge in [-0.2, -0.15) is 0 Å². The molecule has 1 saturated carbocycles. The molecular weight excluding hydrogens is 332 g/mol. The SMILES string of the molecule is CCOc1cc(C2C3CCCCC3(O)CCN2CCC(N)=O)ccc1O. The number of primary amides is 1. The molecule has 1 amide bonds. The number of piperidine rings is 1. The average Bonchev–Trinajstić information content (AvgIpc) is 2.61. The van der Waals surface area contributed by atoms with Gasteiger partial charge in [0.2, 0.25) is 5.91 Å². The highest BCUT2D eigenvalue weighted by atomic mass is 16.5. The molecule has 2 aliphatic rings. The van der Waals surface area contributed by atoms with E-state index in [0.717, 1.165) is 44.2 Å². The van der Waals surface area contributed by atoms with Crippen molar-refractivity contribution in [3.8, 4) is 11.5 Å². The van der Waals surface area contributed by atoms with Crippen molar-refractivity contribution < 1.29 is 19.7 Å². The zero-order valence-corrected chi connectivity index (χ0v) is 15.5. The van der Waals surface area contributed by atoms with Gasteiger partial charge in [-0.05, 0) is 43.9 Å². The molecule has 2 fully saturated rings. The molecule has 1 aromatic rings. The predicted octanol–water partition coefficient (Wildman–Crippen LogP) is 2.33. The van der Waals surface area contributed by atoms with Gasteiger partial charge >= 0.3 is 0 Å². The Hall–Kier alpha value is -1.79. The minimum absolute atomic E-state index is 0.00629. The van der Waals surface area contributed by atoms with Crippen molar-refractivity contribution in [2.24, 2.45) is 11.7 Å². The Kier molecular flexibility index (Phi) is 5.73. The van der Waals surface area contributed by atoms with E-state index >= 15 is 0 Å². The molecule has 6 nitrogen and oxygen atoms in total. The van der Waals surface area contributed by atoms with Crippen molar-refractivity contribution in [3.05, 3.63) is 23.8 Å². The van der Waals surface area contributed by atoms with E-state index in [1.807, 2.05) is 19.1 Å². The quantitative estimate of drug-likeness (QED) is 0.722. The molecule has 4 N–H and O–H groups in total. The van der Waals surface area contributed by atoms with Gasteiger partial charge in [0.15, 0.2) is 11.5 Å². The van der Waals surface area contributed by atoms with Crippen LogP contribution < -0.4 is 10.5 Å². The maximum Gasteiger partial charge on any atom is 0.218 e. The Balaban J connectivity index is 1.95. The lowest BCUT2D eigenvalue weighted by Gasteiger charge is -2.52. The Labute approximate surface area is 154 Å². The largest absolute Gasteiger partial charge is 0.504 e. The van der Waals surface area contributed by atoms with Crippen LogP contribution in [-0.4, -0.2) is 46.3 Å². The second-order valence-electron chi connectivity index (χ2n) is 7.56. The molecule has 1 saturated heterocycles. The van der Waals surface area contributed by atoms with Crippen LogP contribution in [0.15, 0.2) is 18.2 Å². The number of aromatic hydroxyl groups is 1. The lowest BCUT2D eigenvalue weighted by atomic mass is 9.66. The molecule has 0 aromatic heterocycles. The van der Waals surface area contributed by atoms with E-state index in [9.17, 15) is 15.0 Å². The second-order valence-corrected chi connectivity index (χ2v) is 7.56. The number of nitrogens with zero attached hydrogens (tertiary/aromatic N) is 1. The highest BCUT2D eigenvalue weighted by Crippen LogP contribution is 2.50. The van der Waals surface area contributed by atoms with Crippen LogP contribution in [0.5, 0.6) is 11.5 Å². The first-order valence-corrected chi connectivity index (χ1v) is 9.65. The van der Waals surface area contributed by atoms with Gasteiger partial charge in [-0.15, -0.1) is 0 Å². The summed E-state index contributed by atoms with van der Waals surface area (Å²) in [4.78, 5) is 13.6. The fourth-order valence-electron chi connectivity index (χ4n) is 4.68. The first-order chi connectivity index (χ1) is 12.4. The van der Waals surface area contributed by atoms with Crippen LogP contribution in [0.4, 0.5) is 0 Å². The van der Waals surface area contributed by atoms with Gasteiger partial charge in [-0.1, -0.05) is 18.9 Å². The number of likely N-dealkylation sites (tertiary alicyclic amines) is 1. The third kappa shape index (κ3) is 3.81. The second kappa shape index (κ2) is 7.84. The summed E-state index contributed by atoms with van der Waals surface area (Å²) in [6.07, 6.45) is 4.97. The molecular formula is C20H30N2O4. The molecule has 3 unspecified atom stereocenters. The zero-order valence-electron chi connectivity index (χ0n) is 15.5. The first-order valence-electron chi connectivity index (χ1n) is 9.65. The summed E-state index contributed by atoms with van der Waals surface area (Å²) in [6, 6.07) is 5.43. The summed E-state index contributed by atoms with van der Waals surface area (Å²) >= 11 is 0. The molecule has 1 aliphatic carbocycles. The molecule has 26 heavy (non-hydrogen) atoms. The maximum atomic E-state index is 11.3. The van der Waals surface area contributed by atoms with E-state index in [0.29, 0.717) is 25.3 Å². The predicted molar refractivity (Wildman–Crippen MR) is 98.9 cm³/mol. The summed E-state index contributed by atoms with van der Waals surface area (Å²) in [5.41, 5.74) is 5.72. The fourth-order valence-corrected chi connectivity index (χ4v) is 4.68. The number of rotatable bonds is 6. The van der Waals surface area contributed by atoms with Crippen LogP contribution in [0.25, 0.3) is 0 Å². The van der Waals surface area contributed by atoms with Gasteiger partial charge in [0.1, 0.15) is 0 Å². The molecule has 0 bridgehead atoms. The standard InChI is InChI=1S/C20H30N2O4/c1-2-26-17-13-14(6-7-16(17)23)19-15-5-3-4-9-20(15,25)10-12-22(19)11-8-18(21)24/h6-7,13,15,19,23,25H,2-5,8-12H2,1H3,(H2,21,24). The fraction of sp³-hybridized carbons (Fsp3) is 0.650. The third-order valence-corrected chi connectivity index (χ3v) is 5.94. The number of fused-ring (bicyclic) bond motifs is 1. The Morgan fingerprint density at radius 2 is 2.19 bits per heavy atom. The number of amides is 1. The van der Waals surface area contributed by atoms with Crippen LogP contribution in [0.3, 0.4) is 0 Å². The number of ether oxygens (including phenoxy) is 1. The topological polar surface area (TPSA) is 96.0 Å². The van der Waals surface area contributed by atoms with Crippen molar-refractivity contribution in [1.29, 1.82) is 0 Å². The smallest absolute Gasteiger partial charge is 0.218 e. The molecule has 3 atom stereocenters. The van der Waals surface area contributed by atoms with Gasteiger partial charge in [0.25, 0.3) is 0 Å². The number of phenols is 1. The van der Waals surface area contributed by atoms with Gasteiger partial charge in [-0.3, -0.25) is 9.69 Å². The summed E-state index contributed by atoms with van der Waals surface area (Å²) in [7, 11) is 0. The minimum Gasteiger partial charge on any atom is -0.504 e. The number of aliphatic hydroxyl groups is 1. The van der Waals surface area contributed by atoms with E-state index in [2.05, 4.69) is 4.90 Å². The van der Waals surface area contributed by atoms with E-state index in [1.54, 1.807) is 6.07 Å². The van der Waals surface area contributed by atoms with Crippen molar-refractivity contribution >= 4 is 5.91 Å². The van der Waals surface area contributed by atoms with Crippen LogP contribution in [0.2, 0.25) is 0 Å². The zero-order chi connectivity index (χ0) is 18.7. The van der Waals surface area contributed by atoms with Crippen molar-refractivity contribution in [2.75, 3.05) is 19.7 Å². The number of hydrogen-bond donors (Lipinski definition) is 3. The average molecular weight is 362 g/mol. The van der Waals surface area contributed by atoms with Crippen LogP contribution in [0.1, 0.15) is 57.1 Å². The van der Waals surface area contributed by atoms with Crippen LogP contribution in [-0.2, 0) is 4.79 Å².